The van der Waals surface area contributed by atoms with Gasteiger partial charge in [0.15, 0.2) is 0 Å². The summed E-state index contributed by atoms with van der Waals surface area (Å²) >= 11 is 0. The lowest BCUT2D eigenvalue weighted by Gasteiger charge is -2.38. The van der Waals surface area contributed by atoms with Crippen LogP contribution in [0.4, 0.5) is 5.69 Å². The highest BCUT2D eigenvalue weighted by Gasteiger charge is 2.34. The Kier molecular flexibility index (Phi) is 6.82. The summed E-state index contributed by atoms with van der Waals surface area (Å²) in [7, 11) is 0. The van der Waals surface area contributed by atoms with E-state index in [0.717, 1.165) is 49.4 Å². The minimum absolute atomic E-state index is 0.115. The lowest BCUT2D eigenvalue weighted by Crippen LogP contribution is -2.38. The zero-order chi connectivity index (χ0) is 23.3. The summed E-state index contributed by atoms with van der Waals surface area (Å²) in [6, 6.07) is 22.8. The number of phenols is 1. The van der Waals surface area contributed by atoms with Crippen molar-refractivity contribution in [1.82, 2.24) is 4.90 Å². The van der Waals surface area contributed by atoms with E-state index in [1.54, 1.807) is 11.0 Å². The second-order valence-corrected chi connectivity index (χ2v) is 9.20. The van der Waals surface area contributed by atoms with E-state index in [2.05, 4.69) is 17.0 Å². The number of likely N-dealkylation sites (tertiary alicyclic amines) is 1. The number of phenolic OH excluding ortho intramolecular Hbond substituents is 1. The minimum Gasteiger partial charge on any atom is -0.506 e. The number of carbonyl (C=O) groups excluding carboxylic acids is 1. The van der Waals surface area contributed by atoms with Gasteiger partial charge in [0.25, 0.3) is 5.91 Å². The standard InChI is InChI=1S/C29H32N2O3/c32-27-11-7-10-23-14-17-26(22-8-3-1-4-9-22)31(28(23)27)29(33)24-12-15-25(16-13-24)34-21-20-30-18-5-2-6-19-30/h1,3-4,7-13,15-16,26,32H,2,5-6,14,17-21H2. The lowest BCUT2D eigenvalue weighted by atomic mass is 9.90. The molecule has 0 aliphatic carbocycles. The number of anilines is 1. The number of nitrogens with zero attached hydrogens (tertiary/aromatic N) is 2. The zero-order valence-corrected chi connectivity index (χ0v) is 19.5. The van der Waals surface area contributed by atoms with Gasteiger partial charge in [0.05, 0.1) is 11.7 Å². The van der Waals surface area contributed by atoms with E-state index in [9.17, 15) is 9.90 Å². The van der Waals surface area contributed by atoms with Crippen LogP contribution in [0.25, 0.3) is 0 Å². The number of carbonyl (C=O) groups is 1. The third-order valence-corrected chi connectivity index (χ3v) is 6.97. The van der Waals surface area contributed by atoms with Gasteiger partial charge in [0, 0.05) is 12.1 Å². The fourth-order valence-corrected chi connectivity index (χ4v) is 5.18. The molecule has 5 rings (SSSR count). The normalized spacial score (nSPS) is 18.4. The van der Waals surface area contributed by atoms with Crippen molar-refractivity contribution in [2.24, 2.45) is 0 Å². The number of ether oxygens (including phenoxy) is 1. The third kappa shape index (κ3) is 4.80. The maximum atomic E-state index is 13.8. The Morgan fingerprint density at radius 2 is 1.68 bits per heavy atom. The number of aromatic hydroxyl groups is 1. The van der Waals surface area contributed by atoms with Crippen LogP contribution in [0.2, 0.25) is 0 Å². The summed E-state index contributed by atoms with van der Waals surface area (Å²) in [6.07, 6.45) is 5.50. The molecule has 0 spiro atoms. The molecule has 1 N–H and O–H groups in total. The highest BCUT2D eigenvalue weighted by molar-refractivity contribution is 6.08. The first kappa shape index (κ1) is 22.5. The molecule has 2 aliphatic heterocycles. The summed E-state index contributed by atoms with van der Waals surface area (Å²) in [5.74, 6) is 0.801. The van der Waals surface area contributed by atoms with Gasteiger partial charge < -0.3 is 9.84 Å². The highest BCUT2D eigenvalue weighted by Crippen LogP contribution is 2.44. The first-order chi connectivity index (χ1) is 16.7. The van der Waals surface area contributed by atoms with Gasteiger partial charge in [-0.2, -0.15) is 0 Å². The molecule has 2 aliphatic rings. The Balaban J connectivity index is 1.35. The lowest BCUT2D eigenvalue weighted by molar-refractivity contribution is 0.0971. The molecule has 3 aromatic carbocycles. The molecular formula is C29H32N2O3. The number of para-hydroxylation sites is 1. The molecule has 176 valence electrons. The Labute approximate surface area is 201 Å². The zero-order valence-electron chi connectivity index (χ0n) is 19.5. The molecule has 1 saturated heterocycles. The number of aryl methyl sites for hydroxylation is 1. The van der Waals surface area contributed by atoms with Crippen LogP contribution >= 0.6 is 0 Å². The van der Waals surface area contributed by atoms with Crippen LogP contribution in [-0.2, 0) is 6.42 Å². The predicted molar refractivity (Wildman–Crippen MR) is 135 cm³/mol. The van der Waals surface area contributed by atoms with Crippen molar-refractivity contribution in [2.75, 3.05) is 31.1 Å². The molecule has 34 heavy (non-hydrogen) atoms. The average Bonchev–Trinajstić information content (AvgIpc) is 2.89. The van der Waals surface area contributed by atoms with Gasteiger partial charge in [-0.05, 0) is 80.2 Å². The quantitative estimate of drug-likeness (QED) is 0.525. The highest BCUT2D eigenvalue weighted by atomic mass is 16.5. The molecule has 5 nitrogen and oxygen atoms in total. The van der Waals surface area contributed by atoms with Crippen molar-refractivity contribution >= 4 is 11.6 Å². The van der Waals surface area contributed by atoms with E-state index < -0.39 is 0 Å². The SMILES string of the molecule is O=C(c1ccc(OCCN2CCCCC2)cc1)N1c2c(O)cccc2CCC1c1ccccc1. The number of amides is 1. The van der Waals surface area contributed by atoms with Crippen LogP contribution in [0.5, 0.6) is 11.5 Å². The van der Waals surface area contributed by atoms with Gasteiger partial charge in [0.2, 0.25) is 0 Å². The van der Waals surface area contributed by atoms with Gasteiger partial charge in [-0.25, -0.2) is 0 Å². The van der Waals surface area contributed by atoms with Crippen molar-refractivity contribution in [3.05, 3.63) is 89.5 Å². The van der Waals surface area contributed by atoms with Crippen molar-refractivity contribution < 1.29 is 14.6 Å². The van der Waals surface area contributed by atoms with Crippen molar-refractivity contribution in [3.8, 4) is 11.5 Å². The maximum Gasteiger partial charge on any atom is 0.258 e. The van der Waals surface area contributed by atoms with Crippen molar-refractivity contribution in [3.63, 3.8) is 0 Å². The van der Waals surface area contributed by atoms with Crippen LogP contribution in [0, 0.1) is 0 Å². The summed E-state index contributed by atoms with van der Waals surface area (Å²) < 4.78 is 5.95. The molecule has 2 heterocycles. The summed E-state index contributed by atoms with van der Waals surface area (Å²) in [6.45, 7) is 3.90. The monoisotopic (exact) mass is 456 g/mol. The summed E-state index contributed by atoms with van der Waals surface area (Å²) in [5.41, 5.74) is 3.27. The first-order valence-electron chi connectivity index (χ1n) is 12.4. The molecule has 3 aromatic rings. The van der Waals surface area contributed by atoms with Crippen LogP contribution in [-0.4, -0.2) is 42.2 Å². The molecular weight excluding hydrogens is 424 g/mol. The maximum absolute atomic E-state index is 13.8. The van der Waals surface area contributed by atoms with Crippen LogP contribution in [0.3, 0.4) is 0 Å². The van der Waals surface area contributed by atoms with Crippen LogP contribution < -0.4 is 9.64 Å². The number of benzene rings is 3. The smallest absolute Gasteiger partial charge is 0.258 e. The van der Waals surface area contributed by atoms with Gasteiger partial charge >= 0.3 is 0 Å². The Morgan fingerprint density at radius 1 is 0.912 bits per heavy atom. The second kappa shape index (κ2) is 10.3. The molecule has 1 fully saturated rings. The van der Waals surface area contributed by atoms with Gasteiger partial charge in [0.1, 0.15) is 18.1 Å². The number of hydrogen-bond acceptors (Lipinski definition) is 4. The van der Waals surface area contributed by atoms with Gasteiger partial charge in [-0.1, -0.05) is 48.9 Å². The number of hydrogen-bond donors (Lipinski definition) is 1. The Bertz CT molecular complexity index is 1110. The molecule has 0 bridgehead atoms. The van der Waals surface area contributed by atoms with E-state index in [4.69, 9.17) is 4.74 Å². The molecule has 1 atom stereocenters. The first-order valence-corrected chi connectivity index (χ1v) is 12.4. The van der Waals surface area contributed by atoms with Gasteiger partial charge in [-0.15, -0.1) is 0 Å². The van der Waals surface area contributed by atoms with Gasteiger partial charge in [-0.3, -0.25) is 14.6 Å². The van der Waals surface area contributed by atoms with E-state index in [-0.39, 0.29) is 17.7 Å². The van der Waals surface area contributed by atoms with E-state index >= 15 is 0 Å². The molecule has 0 radical (unpaired) electrons. The average molecular weight is 457 g/mol. The second-order valence-electron chi connectivity index (χ2n) is 9.20. The minimum atomic E-state index is -0.130. The molecule has 5 heteroatoms. The van der Waals surface area contributed by atoms with Crippen LogP contribution in [0.1, 0.15) is 53.2 Å². The van der Waals surface area contributed by atoms with E-state index in [1.165, 1.54) is 19.3 Å². The van der Waals surface area contributed by atoms with E-state index in [1.807, 2.05) is 54.6 Å². The Hall–Kier alpha value is -3.31. The molecule has 0 saturated carbocycles. The molecule has 0 aromatic heterocycles. The molecule has 1 amide bonds. The fraction of sp³-hybridized carbons (Fsp3) is 0.345. The number of rotatable bonds is 6. The van der Waals surface area contributed by atoms with Crippen LogP contribution in [0.15, 0.2) is 72.8 Å². The van der Waals surface area contributed by atoms with Crippen molar-refractivity contribution in [1.29, 1.82) is 0 Å². The predicted octanol–water partition coefficient (Wildman–Crippen LogP) is 5.59. The Morgan fingerprint density at radius 3 is 2.44 bits per heavy atom. The fourth-order valence-electron chi connectivity index (χ4n) is 5.18. The topological polar surface area (TPSA) is 53.0 Å². The molecule has 1 unspecified atom stereocenters. The van der Waals surface area contributed by atoms with E-state index in [0.29, 0.717) is 17.9 Å². The number of fused-ring (bicyclic) bond motifs is 1. The largest absolute Gasteiger partial charge is 0.506 e. The summed E-state index contributed by atoms with van der Waals surface area (Å²) in [5, 5.41) is 10.7. The van der Waals surface area contributed by atoms with Crippen molar-refractivity contribution in [2.45, 2.75) is 38.1 Å². The third-order valence-electron chi connectivity index (χ3n) is 6.97. The summed E-state index contributed by atoms with van der Waals surface area (Å²) in [4.78, 5) is 18.0. The number of piperidine rings is 1.